The highest BCUT2D eigenvalue weighted by atomic mass is 35.5. The molecule has 0 saturated heterocycles. The number of benzene rings is 2. The van der Waals surface area contributed by atoms with Crippen molar-refractivity contribution < 1.29 is 8.78 Å². The average Bonchev–Trinajstić information content (AvgIpc) is 2.44. The van der Waals surface area contributed by atoms with Gasteiger partial charge in [-0.2, -0.15) is 0 Å². The lowest BCUT2D eigenvalue weighted by atomic mass is 9.99. The van der Waals surface area contributed by atoms with Crippen LogP contribution < -0.4 is 11.3 Å². The molecule has 0 aromatic heterocycles. The minimum Gasteiger partial charge on any atom is -0.271 e. The van der Waals surface area contributed by atoms with Gasteiger partial charge in [-0.15, -0.1) is 0 Å². The van der Waals surface area contributed by atoms with E-state index < -0.39 is 11.6 Å². The third-order valence-electron chi connectivity index (χ3n) is 3.13. The lowest BCUT2D eigenvalue weighted by Gasteiger charge is -2.17. The summed E-state index contributed by atoms with van der Waals surface area (Å²) in [6, 6.07) is 11.2. The molecule has 0 bridgehead atoms. The average molecular weight is 297 g/mol. The van der Waals surface area contributed by atoms with E-state index >= 15 is 0 Å². The molecule has 0 amide bonds. The maximum absolute atomic E-state index is 13.2. The molecule has 2 nitrogen and oxygen atoms in total. The van der Waals surface area contributed by atoms with Gasteiger partial charge in [-0.3, -0.25) is 11.3 Å². The van der Waals surface area contributed by atoms with Crippen LogP contribution in [0.15, 0.2) is 42.5 Å². The Kier molecular flexibility index (Phi) is 5.06. The summed E-state index contributed by atoms with van der Waals surface area (Å²) in [4.78, 5) is 0. The van der Waals surface area contributed by atoms with E-state index in [1.807, 2.05) is 24.3 Å². The van der Waals surface area contributed by atoms with E-state index in [0.29, 0.717) is 23.4 Å². The summed E-state index contributed by atoms with van der Waals surface area (Å²) in [7, 11) is 0. The fraction of sp³-hybridized carbons (Fsp3) is 0.200. The molecule has 106 valence electrons. The summed E-state index contributed by atoms with van der Waals surface area (Å²) >= 11 is 6.10. The zero-order valence-electron chi connectivity index (χ0n) is 10.7. The van der Waals surface area contributed by atoms with Gasteiger partial charge in [-0.25, -0.2) is 8.78 Å². The van der Waals surface area contributed by atoms with E-state index in [-0.39, 0.29) is 6.04 Å². The molecule has 0 radical (unpaired) electrons. The van der Waals surface area contributed by atoms with Gasteiger partial charge in [0, 0.05) is 11.1 Å². The monoisotopic (exact) mass is 296 g/mol. The topological polar surface area (TPSA) is 38.0 Å². The van der Waals surface area contributed by atoms with E-state index in [1.165, 1.54) is 6.07 Å². The zero-order chi connectivity index (χ0) is 14.5. The van der Waals surface area contributed by atoms with Gasteiger partial charge >= 0.3 is 0 Å². The van der Waals surface area contributed by atoms with Gasteiger partial charge in [0.15, 0.2) is 11.6 Å². The number of rotatable bonds is 5. The van der Waals surface area contributed by atoms with Gasteiger partial charge in [0.25, 0.3) is 0 Å². The van der Waals surface area contributed by atoms with Crippen molar-refractivity contribution in [2.45, 2.75) is 18.9 Å². The Morgan fingerprint density at radius 2 is 1.80 bits per heavy atom. The van der Waals surface area contributed by atoms with Crippen molar-refractivity contribution in [3.05, 3.63) is 70.2 Å². The Hall–Kier alpha value is -1.49. The first kappa shape index (κ1) is 14.9. The van der Waals surface area contributed by atoms with E-state index in [9.17, 15) is 8.78 Å². The summed E-state index contributed by atoms with van der Waals surface area (Å²) < 4.78 is 26.1. The molecule has 0 heterocycles. The third kappa shape index (κ3) is 3.76. The van der Waals surface area contributed by atoms with Crippen LogP contribution in [0.25, 0.3) is 0 Å². The lowest BCUT2D eigenvalue weighted by Crippen LogP contribution is -2.38. The summed E-state index contributed by atoms with van der Waals surface area (Å²) in [5, 5.41) is 0.665. The Labute approximate surface area is 121 Å². The van der Waals surface area contributed by atoms with Gasteiger partial charge in [-0.05, 0) is 42.2 Å². The van der Waals surface area contributed by atoms with E-state index in [0.717, 1.165) is 11.6 Å². The molecular weight excluding hydrogens is 282 g/mol. The number of hydrazine groups is 1. The Morgan fingerprint density at radius 1 is 1.05 bits per heavy atom. The van der Waals surface area contributed by atoms with Gasteiger partial charge in [0.2, 0.25) is 0 Å². The largest absolute Gasteiger partial charge is 0.271 e. The first-order valence-corrected chi connectivity index (χ1v) is 6.61. The van der Waals surface area contributed by atoms with Crippen LogP contribution >= 0.6 is 11.6 Å². The molecule has 1 unspecified atom stereocenters. The Balaban J connectivity index is 2.09. The summed E-state index contributed by atoms with van der Waals surface area (Å²) in [5.74, 6) is 3.82. The standard InChI is InChI=1S/C15H15ClF2N2/c16-13-4-2-1-3-11(13)9-12(20-19)7-10-5-6-14(17)15(18)8-10/h1-6,8,12,20H,7,9,19H2. The molecule has 5 heteroatoms. The molecule has 0 aliphatic heterocycles. The second-order valence-corrected chi connectivity index (χ2v) is 5.02. The minimum atomic E-state index is -0.851. The molecule has 0 fully saturated rings. The number of halogens is 3. The SMILES string of the molecule is NNC(Cc1ccc(F)c(F)c1)Cc1ccccc1Cl. The van der Waals surface area contributed by atoms with E-state index in [2.05, 4.69) is 5.43 Å². The second-order valence-electron chi connectivity index (χ2n) is 4.61. The van der Waals surface area contributed by atoms with Gasteiger partial charge in [0.1, 0.15) is 0 Å². The van der Waals surface area contributed by atoms with Crippen molar-refractivity contribution in [2.24, 2.45) is 5.84 Å². The molecule has 20 heavy (non-hydrogen) atoms. The van der Waals surface area contributed by atoms with E-state index in [4.69, 9.17) is 17.4 Å². The maximum Gasteiger partial charge on any atom is 0.159 e. The zero-order valence-corrected chi connectivity index (χ0v) is 11.5. The van der Waals surface area contributed by atoms with Crippen LogP contribution in [0.2, 0.25) is 5.02 Å². The first-order valence-electron chi connectivity index (χ1n) is 6.23. The number of nitrogens with two attached hydrogens (primary N) is 1. The van der Waals surface area contributed by atoms with Gasteiger partial charge in [-0.1, -0.05) is 35.9 Å². The molecule has 1 atom stereocenters. The quantitative estimate of drug-likeness (QED) is 0.657. The predicted molar refractivity (Wildman–Crippen MR) is 76.3 cm³/mol. The second kappa shape index (κ2) is 6.79. The van der Waals surface area contributed by atoms with Crippen molar-refractivity contribution in [1.29, 1.82) is 0 Å². The smallest absolute Gasteiger partial charge is 0.159 e. The molecule has 0 aliphatic carbocycles. The van der Waals surface area contributed by atoms with Gasteiger partial charge in [0.05, 0.1) is 0 Å². The molecule has 3 N–H and O–H groups in total. The first-order chi connectivity index (χ1) is 9.60. The number of hydrogen-bond donors (Lipinski definition) is 2. The fourth-order valence-corrected chi connectivity index (χ4v) is 2.28. The van der Waals surface area contributed by atoms with Crippen LogP contribution in [0.4, 0.5) is 8.78 Å². The van der Waals surface area contributed by atoms with Crippen molar-refractivity contribution in [3.63, 3.8) is 0 Å². The van der Waals surface area contributed by atoms with Crippen LogP contribution in [-0.2, 0) is 12.8 Å². The summed E-state index contributed by atoms with van der Waals surface area (Å²) in [6.07, 6.45) is 1.09. The highest BCUT2D eigenvalue weighted by Gasteiger charge is 2.12. The van der Waals surface area contributed by atoms with Crippen LogP contribution in [0, 0.1) is 11.6 Å². The molecule has 2 rings (SSSR count). The summed E-state index contributed by atoms with van der Waals surface area (Å²) in [6.45, 7) is 0. The normalized spacial score (nSPS) is 12.4. The van der Waals surface area contributed by atoms with Crippen LogP contribution in [0.3, 0.4) is 0 Å². The van der Waals surface area contributed by atoms with Crippen molar-refractivity contribution >= 4 is 11.6 Å². The third-order valence-corrected chi connectivity index (χ3v) is 3.49. The molecule has 0 aliphatic rings. The Morgan fingerprint density at radius 3 is 2.45 bits per heavy atom. The fourth-order valence-electron chi connectivity index (χ4n) is 2.07. The van der Waals surface area contributed by atoms with Crippen LogP contribution in [0.1, 0.15) is 11.1 Å². The molecule has 2 aromatic rings. The minimum absolute atomic E-state index is 0.111. The maximum atomic E-state index is 13.2. The Bertz CT molecular complexity index is 590. The molecule has 2 aromatic carbocycles. The van der Waals surface area contributed by atoms with Crippen molar-refractivity contribution in [2.75, 3.05) is 0 Å². The van der Waals surface area contributed by atoms with Crippen molar-refractivity contribution in [1.82, 2.24) is 5.43 Å². The predicted octanol–water partition coefficient (Wildman–Crippen LogP) is 3.24. The van der Waals surface area contributed by atoms with Crippen LogP contribution in [0.5, 0.6) is 0 Å². The molecule has 0 spiro atoms. The molecular formula is C15H15ClF2N2. The van der Waals surface area contributed by atoms with Crippen LogP contribution in [-0.4, -0.2) is 6.04 Å². The lowest BCUT2D eigenvalue weighted by molar-refractivity contribution is 0.498. The highest BCUT2D eigenvalue weighted by molar-refractivity contribution is 6.31. The summed E-state index contributed by atoms with van der Waals surface area (Å²) in [5.41, 5.74) is 4.32. The number of nitrogens with one attached hydrogen (secondary N) is 1. The van der Waals surface area contributed by atoms with E-state index in [1.54, 1.807) is 6.07 Å². The molecule has 0 saturated carbocycles. The number of hydrogen-bond acceptors (Lipinski definition) is 2. The van der Waals surface area contributed by atoms with Gasteiger partial charge < -0.3 is 0 Å². The van der Waals surface area contributed by atoms with Crippen molar-refractivity contribution in [3.8, 4) is 0 Å². The highest BCUT2D eigenvalue weighted by Crippen LogP contribution is 2.18.